The molecule has 2 aromatic rings. The van der Waals surface area contributed by atoms with Gasteiger partial charge in [-0.25, -0.2) is 0 Å². The molecule has 6 heteroatoms. The van der Waals surface area contributed by atoms with E-state index in [2.05, 4.69) is 0 Å². The van der Waals surface area contributed by atoms with Gasteiger partial charge in [-0.3, -0.25) is 14.4 Å². The van der Waals surface area contributed by atoms with Gasteiger partial charge in [-0.15, -0.1) is 0 Å². The fourth-order valence-corrected chi connectivity index (χ4v) is 3.74. The molecular formula is C22H24N2O4. The molecule has 0 radical (unpaired) electrons. The van der Waals surface area contributed by atoms with E-state index in [1.807, 2.05) is 54.6 Å². The first-order chi connectivity index (χ1) is 13.5. The molecule has 28 heavy (non-hydrogen) atoms. The van der Waals surface area contributed by atoms with Crippen molar-refractivity contribution in [2.75, 3.05) is 13.1 Å². The summed E-state index contributed by atoms with van der Waals surface area (Å²) < 4.78 is 0. The number of hydrogen-bond donors (Lipinski definition) is 1. The number of aliphatic carboxylic acids is 1. The zero-order valence-electron chi connectivity index (χ0n) is 15.9. The van der Waals surface area contributed by atoms with Crippen molar-refractivity contribution in [1.82, 2.24) is 9.80 Å². The molecule has 0 unspecified atom stereocenters. The van der Waals surface area contributed by atoms with Crippen LogP contribution in [0.15, 0.2) is 54.6 Å². The molecule has 2 amide bonds. The zero-order chi connectivity index (χ0) is 20.1. The third-order valence-corrected chi connectivity index (χ3v) is 5.08. The number of rotatable bonds is 6. The molecule has 3 rings (SSSR count). The van der Waals surface area contributed by atoms with Gasteiger partial charge in [0.2, 0.25) is 11.8 Å². The second-order valence-electron chi connectivity index (χ2n) is 7.01. The van der Waals surface area contributed by atoms with Crippen LogP contribution in [0.3, 0.4) is 0 Å². The maximum atomic E-state index is 13.1. The van der Waals surface area contributed by atoms with Crippen molar-refractivity contribution in [1.29, 1.82) is 0 Å². The quantitative estimate of drug-likeness (QED) is 0.836. The van der Waals surface area contributed by atoms with Gasteiger partial charge in [0.25, 0.3) is 0 Å². The van der Waals surface area contributed by atoms with Crippen LogP contribution < -0.4 is 0 Å². The normalized spacial score (nSPS) is 15.6. The molecular weight excluding hydrogens is 356 g/mol. The van der Waals surface area contributed by atoms with Gasteiger partial charge in [-0.1, -0.05) is 54.6 Å². The summed E-state index contributed by atoms with van der Waals surface area (Å²) in [6, 6.07) is 16.7. The maximum Gasteiger partial charge on any atom is 0.323 e. The van der Waals surface area contributed by atoms with Crippen molar-refractivity contribution in [3.8, 4) is 0 Å². The van der Waals surface area contributed by atoms with Gasteiger partial charge in [0.1, 0.15) is 6.54 Å². The van der Waals surface area contributed by atoms with Crippen molar-refractivity contribution in [3.63, 3.8) is 0 Å². The highest BCUT2D eigenvalue weighted by Crippen LogP contribution is 2.33. The lowest BCUT2D eigenvalue weighted by molar-refractivity contribution is -0.146. The predicted octanol–water partition coefficient (Wildman–Crippen LogP) is 2.64. The molecule has 0 fully saturated rings. The Bertz CT molecular complexity index is 866. The number of fused-ring (bicyclic) bond motifs is 1. The van der Waals surface area contributed by atoms with Gasteiger partial charge in [-0.2, -0.15) is 0 Å². The van der Waals surface area contributed by atoms with Crippen LogP contribution in [0.1, 0.15) is 36.1 Å². The fraction of sp³-hybridized carbons (Fsp3) is 0.318. The summed E-state index contributed by atoms with van der Waals surface area (Å²) in [5, 5.41) is 9.26. The Balaban J connectivity index is 1.84. The summed E-state index contributed by atoms with van der Waals surface area (Å²) in [5.74, 6) is -1.42. The smallest absolute Gasteiger partial charge is 0.323 e. The number of hydrogen-bond acceptors (Lipinski definition) is 3. The van der Waals surface area contributed by atoms with Crippen LogP contribution in [0.2, 0.25) is 0 Å². The van der Waals surface area contributed by atoms with Gasteiger partial charge in [0.15, 0.2) is 0 Å². The Morgan fingerprint density at radius 2 is 1.75 bits per heavy atom. The number of carboxylic acids is 1. The molecule has 146 valence electrons. The number of carbonyl (C=O) groups is 3. The van der Waals surface area contributed by atoms with E-state index in [4.69, 9.17) is 0 Å². The lowest BCUT2D eigenvalue weighted by Crippen LogP contribution is -2.43. The topological polar surface area (TPSA) is 77.9 Å². The minimum absolute atomic E-state index is 0.0662. The van der Waals surface area contributed by atoms with Crippen LogP contribution in [-0.2, 0) is 27.3 Å². The van der Waals surface area contributed by atoms with Gasteiger partial charge >= 0.3 is 5.97 Å². The van der Waals surface area contributed by atoms with E-state index in [-0.39, 0.29) is 37.4 Å². The summed E-state index contributed by atoms with van der Waals surface area (Å²) in [4.78, 5) is 39.6. The standard InChI is InChI=1S/C22H24N2O4/c1-16(25)24-12-11-18-9-5-6-10-19(18)20(24)13-21(26)23(15-22(27)28)14-17-7-3-2-4-8-17/h2-10,20H,11-15H2,1H3,(H,27,28)/t20-/m1/s1. The minimum Gasteiger partial charge on any atom is -0.480 e. The second-order valence-corrected chi connectivity index (χ2v) is 7.01. The highest BCUT2D eigenvalue weighted by molar-refractivity contribution is 5.83. The largest absolute Gasteiger partial charge is 0.480 e. The predicted molar refractivity (Wildman–Crippen MR) is 104 cm³/mol. The molecule has 1 N–H and O–H groups in total. The second kappa shape index (κ2) is 8.69. The van der Waals surface area contributed by atoms with Crippen molar-refractivity contribution in [2.45, 2.75) is 32.4 Å². The lowest BCUT2D eigenvalue weighted by Gasteiger charge is -2.37. The summed E-state index contributed by atoms with van der Waals surface area (Å²) in [6.07, 6.45) is 0.819. The first-order valence-corrected chi connectivity index (χ1v) is 9.34. The zero-order valence-corrected chi connectivity index (χ0v) is 15.9. The Morgan fingerprint density at radius 1 is 1.07 bits per heavy atom. The van der Waals surface area contributed by atoms with Crippen molar-refractivity contribution in [2.24, 2.45) is 0 Å². The molecule has 1 aliphatic heterocycles. The molecule has 0 saturated carbocycles. The molecule has 0 aliphatic carbocycles. The monoisotopic (exact) mass is 380 g/mol. The molecule has 0 bridgehead atoms. The van der Waals surface area contributed by atoms with Crippen LogP contribution in [0, 0.1) is 0 Å². The average molecular weight is 380 g/mol. The van der Waals surface area contributed by atoms with E-state index in [0.717, 1.165) is 23.1 Å². The molecule has 1 atom stereocenters. The molecule has 1 heterocycles. The maximum absolute atomic E-state index is 13.1. The minimum atomic E-state index is -1.06. The SMILES string of the molecule is CC(=O)N1CCc2ccccc2[C@H]1CC(=O)N(CC(=O)O)Cc1ccccc1. The van der Waals surface area contributed by atoms with Gasteiger partial charge in [0.05, 0.1) is 12.5 Å². The summed E-state index contributed by atoms with van der Waals surface area (Å²) in [5.41, 5.74) is 2.96. The first kappa shape index (κ1) is 19.6. The van der Waals surface area contributed by atoms with E-state index in [0.29, 0.717) is 6.54 Å². The van der Waals surface area contributed by atoms with Crippen molar-refractivity contribution >= 4 is 17.8 Å². The van der Waals surface area contributed by atoms with E-state index >= 15 is 0 Å². The Hall–Kier alpha value is -3.15. The van der Waals surface area contributed by atoms with Gasteiger partial charge in [-0.05, 0) is 23.1 Å². The van der Waals surface area contributed by atoms with Gasteiger partial charge in [0, 0.05) is 20.0 Å². The molecule has 0 aromatic heterocycles. The first-order valence-electron chi connectivity index (χ1n) is 9.34. The number of nitrogens with zero attached hydrogens (tertiary/aromatic N) is 2. The van der Waals surface area contributed by atoms with Crippen LogP contribution in [0.5, 0.6) is 0 Å². The molecule has 1 aliphatic rings. The van der Waals surface area contributed by atoms with E-state index in [1.54, 1.807) is 4.90 Å². The molecule has 6 nitrogen and oxygen atoms in total. The van der Waals surface area contributed by atoms with Crippen LogP contribution in [0.4, 0.5) is 0 Å². The van der Waals surface area contributed by atoms with Crippen molar-refractivity contribution < 1.29 is 19.5 Å². The summed E-state index contributed by atoms with van der Waals surface area (Å²) in [7, 11) is 0. The number of amides is 2. The average Bonchev–Trinajstić information content (AvgIpc) is 2.68. The highest BCUT2D eigenvalue weighted by atomic mass is 16.4. The van der Waals surface area contributed by atoms with Crippen LogP contribution in [0.25, 0.3) is 0 Å². The van der Waals surface area contributed by atoms with Crippen LogP contribution in [-0.4, -0.2) is 45.8 Å². The van der Waals surface area contributed by atoms with E-state index in [1.165, 1.54) is 11.8 Å². The third-order valence-electron chi connectivity index (χ3n) is 5.08. The summed E-state index contributed by atoms with van der Waals surface area (Å²) in [6.45, 7) is 1.91. The van der Waals surface area contributed by atoms with E-state index in [9.17, 15) is 19.5 Å². The third kappa shape index (κ3) is 4.57. The van der Waals surface area contributed by atoms with E-state index < -0.39 is 5.97 Å². The summed E-state index contributed by atoms with van der Waals surface area (Å²) >= 11 is 0. The van der Waals surface area contributed by atoms with Crippen LogP contribution >= 0.6 is 0 Å². The van der Waals surface area contributed by atoms with Gasteiger partial charge < -0.3 is 14.9 Å². The molecule has 0 saturated heterocycles. The fourth-order valence-electron chi connectivity index (χ4n) is 3.74. The highest BCUT2D eigenvalue weighted by Gasteiger charge is 2.32. The number of carbonyl (C=O) groups excluding carboxylic acids is 2. The van der Waals surface area contributed by atoms with Crippen molar-refractivity contribution in [3.05, 3.63) is 71.3 Å². The number of carboxylic acid groups (broad SMARTS) is 1. The number of benzene rings is 2. The Morgan fingerprint density at radius 3 is 2.43 bits per heavy atom. The Labute approximate surface area is 164 Å². The Kier molecular flexibility index (Phi) is 6.09. The molecule has 2 aromatic carbocycles. The lowest BCUT2D eigenvalue weighted by atomic mass is 9.90. The molecule has 0 spiro atoms.